The minimum absolute atomic E-state index is 0.0677. The number of thiazole rings is 1. The first kappa shape index (κ1) is 16.6. The van der Waals surface area contributed by atoms with Crippen LogP contribution in [-0.4, -0.2) is 15.8 Å². The van der Waals surface area contributed by atoms with E-state index < -0.39 is 4.92 Å². The van der Waals surface area contributed by atoms with Crippen molar-refractivity contribution in [2.24, 2.45) is 0 Å². The number of aryl methyl sites for hydroxylation is 1. The number of amides is 1. The zero-order valence-corrected chi connectivity index (χ0v) is 14.8. The quantitative estimate of drug-likeness (QED) is 0.509. The number of nitro groups is 1. The molecule has 2 heterocycles. The largest absolute Gasteiger partial charge is 0.320 e. The molecular formula is C15H11N3O3S3. The van der Waals surface area contributed by atoms with Gasteiger partial charge in [-0.25, -0.2) is 4.98 Å². The SMILES string of the molecule is Cc1ncsc1C(=O)Nc1cc([N+](=O)[O-])ccc1Sc1cccs1. The first-order valence-electron chi connectivity index (χ1n) is 6.76. The van der Waals surface area contributed by atoms with Gasteiger partial charge in [0.05, 0.1) is 26.0 Å². The predicted molar refractivity (Wildman–Crippen MR) is 96.3 cm³/mol. The number of anilines is 1. The lowest BCUT2D eigenvalue weighted by Crippen LogP contribution is -2.12. The fourth-order valence-electron chi connectivity index (χ4n) is 1.95. The summed E-state index contributed by atoms with van der Waals surface area (Å²) in [5.74, 6) is -0.316. The number of nitrogens with zero attached hydrogens (tertiary/aromatic N) is 2. The summed E-state index contributed by atoms with van der Waals surface area (Å²) >= 11 is 4.26. The molecule has 1 aromatic carbocycles. The molecule has 0 saturated carbocycles. The average molecular weight is 377 g/mol. The van der Waals surface area contributed by atoms with Crippen LogP contribution in [0, 0.1) is 17.0 Å². The summed E-state index contributed by atoms with van der Waals surface area (Å²) in [5, 5.41) is 15.8. The molecule has 0 saturated heterocycles. The van der Waals surface area contributed by atoms with E-state index in [0.717, 1.165) is 9.10 Å². The number of hydrogen-bond acceptors (Lipinski definition) is 7. The third kappa shape index (κ3) is 3.64. The molecule has 122 valence electrons. The van der Waals surface area contributed by atoms with Crippen LogP contribution in [0.15, 0.2) is 50.3 Å². The Morgan fingerprint density at radius 3 is 2.79 bits per heavy atom. The Bertz CT molecular complexity index is 891. The van der Waals surface area contributed by atoms with E-state index in [1.165, 1.54) is 35.2 Å². The van der Waals surface area contributed by atoms with Crippen LogP contribution in [0.1, 0.15) is 15.4 Å². The number of rotatable bonds is 5. The van der Waals surface area contributed by atoms with Crippen LogP contribution in [0.2, 0.25) is 0 Å². The van der Waals surface area contributed by atoms with Crippen LogP contribution < -0.4 is 5.32 Å². The zero-order chi connectivity index (χ0) is 17.1. The maximum atomic E-state index is 12.4. The van der Waals surface area contributed by atoms with Crippen molar-refractivity contribution in [1.29, 1.82) is 0 Å². The number of nitrogens with one attached hydrogen (secondary N) is 1. The highest BCUT2D eigenvalue weighted by Crippen LogP contribution is 2.38. The number of carbonyl (C=O) groups excluding carboxylic acids is 1. The summed E-state index contributed by atoms with van der Waals surface area (Å²) in [6.45, 7) is 1.75. The van der Waals surface area contributed by atoms with E-state index >= 15 is 0 Å². The summed E-state index contributed by atoms with van der Waals surface area (Å²) in [7, 11) is 0. The van der Waals surface area contributed by atoms with Gasteiger partial charge in [0.2, 0.25) is 0 Å². The summed E-state index contributed by atoms with van der Waals surface area (Å²) in [4.78, 5) is 28.3. The van der Waals surface area contributed by atoms with E-state index in [9.17, 15) is 14.9 Å². The number of hydrogen-bond donors (Lipinski definition) is 1. The fraction of sp³-hybridized carbons (Fsp3) is 0.0667. The predicted octanol–water partition coefficient (Wildman–Crippen LogP) is 4.82. The van der Waals surface area contributed by atoms with E-state index in [4.69, 9.17) is 0 Å². The normalized spacial score (nSPS) is 10.5. The second-order valence-electron chi connectivity index (χ2n) is 4.69. The minimum atomic E-state index is -0.479. The van der Waals surface area contributed by atoms with Crippen LogP contribution in [0.5, 0.6) is 0 Å². The molecule has 0 radical (unpaired) electrons. The number of carbonyl (C=O) groups is 1. The highest BCUT2D eigenvalue weighted by atomic mass is 32.2. The van der Waals surface area contributed by atoms with E-state index in [1.807, 2.05) is 17.5 Å². The number of aromatic nitrogens is 1. The number of nitro benzene ring substituents is 1. The standard InChI is InChI=1S/C15H11N3O3S3/c1-9-14(23-8-16-9)15(19)17-11-7-10(18(20)21)4-5-12(11)24-13-3-2-6-22-13/h2-8H,1H3,(H,17,19). The highest BCUT2D eigenvalue weighted by molar-refractivity contribution is 8.01. The Hall–Kier alpha value is -2.23. The van der Waals surface area contributed by atoms with Crippen molar-refractivity contribution in [3.8, 4) is 0 Å². The molecule has 1 N–H and O–H groups in total. The Morgan fingerprint density at radius 2 is 2.17 bits per heavy atom. The van der Waals surface area contributed by atoms with Gasteiger partial charge in [0.15, 0.2) is 0 Å². The van der Waals surface area contributed by atoms with Gasteiger partial charge in [-0.05, 0) is 24.4 Å². The van der Waals surface area contributed by atoms with Gasteiger partial charge in [-0.3, -0.25) is 14.9 Å². The fourth-order valence-corrected chi connectivity index (χ4v) is 4.44. The van der Waals surface area contributed by atoms with Crippen molar-refractivity contribution in [1.82, 2.24) is 4.98 Å². The van der Waals surface area contributed by atoms with Crippen molar-refractivity contribution < 1.29 is 9.72 Å². The Balaban J connectivity index is 1.93. The second kappa shape index (κ2) is 7.12. The van der Waals surface area contributed by atoms with E-state index in [-0.39, 0.29) is 11.6 Å². The van der Waals surface area contributed by atoms with Gasteiger partial charge < -0.3 is 5.32 Å². The molecule has 0 bridgehead atoms. The van der Waals surface area contributed by atoms with Crippen LogP contribution in [0.3, 0.4) is 0 Å². The van der Waals surface area contributed by atoms with E-state index in [2.05, 4.69) is 10.3 Å². The molecule has 6 nitrogen and oxygen atoms in total. The lowest BCUT2D eigenvalue weighted by atomic mass is 10.2. The Morgan fingerprint density at radius 1 is 1.33 bits per heavy atom. The summed E-state index contributed by atoms with van der Waals surface area (Å²) in [6.07, 6.45) is 0. The second-order valence-corrected chi connectivity index (χ2v) is 7.84. The molecule has 0 aliphatic carbocycles. The molecule has 24 heavy (non-hydrogen) atoms. The van der Waals surface area contributed by atoms with Gasteiger partial charge in [-0.15, -0.1) is 22.7 Å². The zero-order valence-electron chi connectivity index (χ0n) is 12.4. The lowest BCUT2D eigenvalue weighted by Gasteiger charge is -2.09. The minimum Gasteiger partial charge on any atom is -0.320 e. The maximum Gasteiger partial charge on any atom is 0.271 e. The molecule has 3 rings (SSSR count). The molecule has 2 aromatic heterocycles. The lowest BCUT2D eigenvalue weighted by molar-refractivity contribution is -0.384. The first-order chi connectivity index (χ1) is 11.5. The van der Waals surface area contributed by atoms with E-state index in [1.54, 1.807) is 29.8 Å². The van der Waals surface area contributed by atoms with Crippen molar-refractivity contribution in [3.05, 3.63) is 61.9 Å². The monoisotopic (exact) mass is 377 g/mol. The Labute approximate surface area is 149 Å². The average Bonchev–Trinajstić information content (AvgIpc) is 3.20. The first-order valence-corrected chi connectivity index (χ1v) is 9.33. The van der Waals surface area contributed by atoms with Crippen molar-refractivity contribution in [2.75, 3.05) is 5.32 Å². The smallest absolute Gasteiger partial charge is 0.271 e. The summed E-state index contributed by atoms with van der Waals surface area (Å²) in [5.41, 5.74) is 2.58. The van der Waals surface area contributed by atoms with E-state index in [0.29, 0.717) is 16.3 Å². The maximum absolute atomic E-state index is 12.4. The molecule has 0 spiro atoms. The number of thiophene rings is 1. The van der Waals surface area contributed by atoms with Crippen LogP contribution in [0.4, 0.5) is 11.4 Å². The van der Waals surface area contributed by atoms with Crippen molar-refractivity contribution >= 4 is 51.7 Å². The molecule has 0 aliphatic heterocycles. The molecule has 9 heteroatoms. The number of benzene rings is 1. The highest BCUT2D eigenvalue weighted by Gasteiger charge is 2.17. The molecular weight excluding hydrogens is 366 g/mol. The van der Waals surface area contributed by atoms with Crippen molar-refractivity contribution in [3.63, 3.8) is 0 Å². The van der Waals surface area contributed by atoms with Gasteiger partial charge in [0, 0.05) is 17.0 Å². The van der Waals surface area contributed by atoms with Crippen LogP contribution in [-0.2, 0) is 0 Å². The summed E-state index contributed by atoms with van der Waals surface area (Å²) < 4.78 is 1.04. The van der Waals surface area contributed by atoms with Gasteiger partial charge in [-0.1, -0.05) is 17.8 Å². The molecule has 0 unspecified atom stereocenters. The van der Waals surface area contributed by atoms with Crippen molar-refractivity contribution in [2.45, 2.75) is 16.0 Å². The van der Waals surface area contributed by atoms with Gasteiger partial charge in [-0.2, -0.15) is 0 Å². The van der Waals surface area contributed by atoms with Gasteiger partial charge >= 0.3 is 0 Å². The molecule has 0 aliphatic rings. The number of non-ortho nitro benzene ring substituents is 1. The van der Waals surface area contributed by atoms with Crippen LogP contribution >= 0.6 is 34.4 Å². The van der Waals surface area contributed by atoms with Crippen LogP contribution in [0.25, 0.3) is 0 Å². The van der Waals surface area contributed by atoms with Gasteiger partial charge in [0.25, 0.3) is 11.6 Å². The third-order valence-corrected chi connectivity index (χ3v) is 6.12. The van der Waals surface area contributed by atoms with Gasteiger partial charge in [0.1, 0.15) is 4.88 Å². The Kier molecular flexibility index (Phi) is 4.93. The molecule has 3 aromatic rings. The molecule has 0 fully saturated rings. The molecule has 1 amide bonds. The third-order valence-electron chi connectivity index (χ3n) is 3.08. The topological polar surface area (TPSA) is 85.1 Å². The summed E-state index contributed by atoms with van der Waals surface area (Å²) in [6, 6.07) is 8.35. The molecule has 0 atom stereocenters.